The molecule has 0 bridgehead atoms. The second kappa shape index (κ2) is 6.21. The third-order valence-corrected chi connectivity index (χ3v) is 1.75. The lowest BCUT2D eigenvalue weighted by Gasteiger charge is -2.23. The fourth-order valence-electron chi connectivity index (χ4n) is 0.875. The van der Waals surface area contributed by atoms with Crippen molar-refractivity contribution in [2.75, 3.05) is 19.7 Å². The highest BCUT2D eigenvalue weighted by atomic mass is 16.3. The summed E-state index contributed by atoms with van der Waals surface area (Å²) < 4.78 is 0. The monoisotopic (exact) mass is 155 g/mol. The van der Waals surface area contributed by atoms with Gasteiger partial charge in [-0.05, 0) is 20.4 Å². The molecule has 0 spiro atoms. The van der Waals surface area contributed by atoms with Gasteiger partial charge in [0.05, 0.1) is 13.2 Å². The molecule has 0 radical (unpaired) electrons. The Bertz CT molecular complexity index is 145. The van der Waals surface area contributed by atoms with Crippen LogP contribution >= 0.6 is 0 Å². The summed E-state index contributed by atoms with van der Waals surface area (Å²) in [6, 6.07) is 0.223. The Hall–Kier alpha value is -0.520. The maximum absolute atomic E-state index is 8.85. The van der Waals surface area contributed by atoms with Gasteiger partial charge in [0.15, 0.2) is 0 Å². The molecule has 0 fully saturated rings. The van der Waals surface area contributed by atoms with Crippen LogP contribution in [-0.4, -0.2) is 35.7 Å². The molecule has 0 aromatic heterocycles. The van der Waals surface area contributed by atoms with E-state index in [1.54, 1.807) is 0 Å². The summed E-state index contributed by atoms with van der Waals surface area (Å²) in [5.41, 5.74) is 0. The van der Waals surface area contributed by atoms with Crippen molar-refractivity contribution in [1.82, 2.24) is 4.90 Å². The Morgan fingerprint density at radius 1 is 1.55 bits per heavy atom. The molecule has 0 aromatic carbocycles. The number of aliphatic hydroxyl groups is 1. The largest absolute Gasteiger partial charge is 0.395 e. The predicted molar refractivity (Wildman–Crippen MR) is 47.2 cm³/mol. The van der Waals surface area contributed by atoms with E-state index in [0.717, 1.165) is 13.1 Å². The normalized spacial score (nSPS) is 12.5. The zero-order valence-electron chi connectivity index (χ0n) is 7.59. The van der Waals surface area contributed by atoms with E-state index in [0.29, 0.717) is 0 Å². The Balaban J connectivity index is 3.80. The van der Waals surface area contributed by atoms with Crippen LogP contribution in [0.4, 0.5) is 0 Å². The number of hydrogen-bond donors (Lipinski definition) is 1. The second-order valence-corrected chi connectivity index (χ2v) is 2.52. The minimum absolute atomic E-state index is 0.208. The highest BCUT2D eigenvalue weighted by molar-refractivity contribution is 4.98. The van der Waals surface area contributed by atoms with E-state index in [1.807, 2.05) is 13.8 Å². The summed E-state index contributed by atoms with van der Waals surface area (Å²) in [5.74, 6) is 5.82. The lowest BCUT2D eigenvalue weighted by Crippen LogP contribution is -2.35. The van der Waals surface area contributed by atoms with Crippen LogP contribution in [0.3, 0.4) is 0 Å². The van der Waals surface area contributed by atoms with Gasteiger partial charge in [-0.1, -0.05) is 12.8 Å². The van der Waals surface area contributed by atoms with Crippen molar-refractivity contribution in [2.45, 2.75) is 26.8 Å². The molecule has 0 aliphatic heterocycles. The van der Waals surface area contributed by atoms with Crippen LogP contribution in [0.15, 0.2) is 0 Å². The van der Waals surface area contributed by atoms with Crippen molar-refractivity contribution in [3.63, 3.8) is 0 Å². The first kappa shape index (κ1) is 10.5. The van der Waals surface area contributed by atoms with Crippen LogP contribution in [0.5, 0.6) is 0 Å². The van der Waals surface area contributed by atoms with E-state index in [2.05, 4.69) is 23.7 Å². The number of aliphatic hydroxyl groups excluding tert-OH is 1. The van der Waals surface area contributed by atoms with Gasteiger partial charge in [-0.3, -0.25) is 4.90 Å². The summed E-state index contributed by atoms with van der Waals surface area (Å²) in [6.45, 7) is 7.81. The maximum atomic E-state index is 8.85. The van der Waals surface area contributed by atoms with Gasteiger partial charge in [-0.25, -0.2) is 0 Å². The first-order valence-electron chi connectivity index (χ1n) is 4.00. The van der Waals surface area contributed by atoms with E-state index in [-0.39, 0.29) is 12.6 Å². The molecular weight excluding hydrogens is 138 g/mol. The van der Waals surface area contributed by atoms with Crippen molar-refractivity contribution in [2.24, 2.45) is 0 Å². The molecular formula is C9H17NO. The van der Waals surface area contributed by atoms with Crippen LogP contribution in [0.25, 0.3) is 0 Å². The summed E-state index contributed by atoms with van der Waals surface area (Å²) in [5, 5.41) is 8.85. The zero-order valence-corrected chi connectivity index (χ0v) is 7.59. The zero-order chi connectivity index (χ0) is 8.69. The van der Waals surface area contributed by atoms with E-state index in [1.165, 1.54) is 0 Å². The van der Waals surface area contributed by atoms with Gasteiger partial charge in [-0.15, -0.1) is 5.92 Å². The molecule has 0 unspecified atom stereocenters. The molecule has 1 atom stereocenters. The van der Waals surface area contributed by atoms with Gasteiger partial charge < -0.3 is 5.11 Å². The summed E-state index contributed by atoms with van der Waals surface area (Å²) in [6.07, 6.45) is 0. The molecule has 0 aliphatic rings. The fourth-order valence-corrected chi connectivity index (χ4v) is 0.875. The van der Waals surface area contributed by atoms with Crippen LogP contribution in [-0.2, 0) is 0 Å². The predicted octanol–water partition coefficient (Wildman–Crippen LogP) is 0.712. The van der Waals surface area contributed by atoms with Crippen LogP contribution in [0, 0.1) is 11.8 Å². The average molecular weight is 155 g/mol. The molecule has 0 aromatic rings. The van der Waals surface area contributed by atoms with E-state index >= 15 is 0 Å². The second-order valence-electron chi connectivity index (χ2n) is 2.52. The van der Waals surface area contributed by atoms with E-state index in [9.17, 15) is 0 Å². The minimum Gasteiger partial charge on any atom is -0.395 e. The summed E-state index contributed by atoms with van der Waals surface area (Å²) >= 11 is 0. The standard InChI is InChI=1S/C9H17NO/c1-4-6-7-10(5-2)9(3)8-11/h9,11H,5,7-8H2,1-3H3/t9-/m1/s1. The smallest absolute Gasteiger partial charge is 0.0604 e. The minimum atomic E-state index is 0.208. The van der Waals surface area contributed by atoms with Crippen LogP contribution in [0.1, 0.15) is 20.8 Å². The van der Waals surface area contributed by atoms with Crippen molar-refractivity contribution in [3.05, 3.63) is 0 Å². The Morgan fingerprint density at radius 3 is 2.55 bits per heavy atom. The lowest BCUT2D eigenvalue weighted by atomic mass is 10.3. The summed E-state index contributed by atoms with van der Waals surface area (Å²) in [7, 11) is 0. The van der Waals surface area contributed by atoms with Gasteiger partial charge in [0.1, 0.15) is 0 Å². The quantitative estimate of drug-likeness (QED) is 0.604. The Morgan fingerprint density at radius 2 is 2.18 bits per heavy atom. The molecule has 1 N–H and O–H groups in total. The van der Waals surface area contributed by atoms with Crippen LogP contribution in [0.2, 0.25) is 0 Å². The Labute approximate surface area is 69.2 Å². The average Bonchev–Trinajstić information content (AvgIpc) is 2.05. The highest BCUT2D eigenvalue weighted by Crippen LogP contribution is 1.95. The van der Waals surface area contributed by atoms with E-state index < -0.39 is 0 Å². The molecule has 2 heteroatoms. The van der Waals surface area contributed by atoms with Crippen molar-refractivity contribution < 1.29 is 5.11 Å². The lowest BCUT2D eigenvalue weighted by molar-refractivity contribution is 0.153. The third kappa shape index (κ3) is 4.02. The third-order valence-electron chi connectivity index (χ3n) is 1.75. The summed E-state index contributed by atoms with van der Waals surface area (Å²) in [4.78, 5) is 2.14. The van der Waals surface area contributed by atoms with E-state index in [4.69, 9.17) is 5.11 Å². The molecule has 0 rings (SSSR count). The van der Waals surface area contributed by atoms with Crippen molar-refractivity contribution >= 4 is 0 Å². The number of rotatable bonds is 4. The molecule has 0 saturated heterocycles. The van der Waals surface area contributed by atoms with Gasteiger partial charge in [0, 0.05) is 6.04 Å². The molecule has 0 saturated carbocycles. The van der Waals surface area contributed by atoms with Gasteiger partial charge in [0.2, 0.25) is 0 Å². The SMILES string of the molecule is CC#CCN(CC)[C@H](C)CO. The highest BCUT2D eigenvalue weighted by Gasteiger charge is 2.07. The van der Waals surface area contributed by atoms with Crippen molar-refractivity contribution in [3.8, 4) is 11.8 Å². The van der Waals surface area contributed by atoms with Gasteiger partial charge in [0.25, 0.3) is 0 Å². The first-order chi connectivity index (χ1) is 5.26. The van der Waals surface area contributed by atoms with Gasteiger partial charge in [-0.2, -0.15) is 0 Å². The molecule has 0 heterocycles. The molecule has 11 heavy (non-hydrogen) atoms. The first-order valence-corrected chi connectivity index (χ1v) is 4.00. The number of nitrogens with zero attached hydrogens (tertiary/aromatic N) is 1. The molecule has 64 valence electrons. The topological polar surface area (TPSA) is 23.5 Å². The molecule has 0 aliphatic carbocycles. The fraction of sp³-hybridized carbons (Fsp3) is 0.778. The molecule has 2 nitrogen and oxygen atoms in total. The van der Waals surface area contributed by atoms with Crippen LogP contribution < -0.4 is 0 Å². The number of hydrogen-bond acceptors (Lipinski definition) is 2. The molecule has 0 amide bonds. The Kier molecular flexibility index (Phi) is 5.91. The van der Waals surface area contributed by atoms with Crippen molar-refractivity contribution in [1.29, 1.82) is 0 Å². The maximum Gasteiger partial charge on any atom is 0.0604 e. The number of likely N-dealkylation sites (N-methyl/N-ethyl adjacent to an activating group) is 1. The van der Waals surface area contributed by atoms with Gasteiger partial charge >= 0.3 is 0 Å².